The third-order valence-electron chi connectivity index (χ3n) is 2.77. The molecule has 0 saturated carbocycles. The summed E-state index contributed by atoms with van der Waals surface area (Å²) in [5.74, 6) is 1.45. The molecule has 0 aliphatic rings. The molecule has 2 aromatic rings. The van der Waals surface area contributed by atoms with E-state index in [9.17, 15) is 0 Å². The highest BCUT2D eigenvalue weighted by Gasteiger charge is 2.03. The maximum Gasteiger partial charge on any atom is 0.00164 e. The van der Waals surface area contributed by atoms with E-state index in [0.29, 0.717) is 0 Å². The second-order valence-corrected chi connectivity index (χ2v) is 3.70. The minimum Gasteiger partial charge on any atom is -0.0645 e. The lowest BCUT2D eigenvalue weighted by Crippen LogP contribution is -1.91. The molecule has 0 bridgehead atoms. The lowest BCUT2D eigenvalue weighted by Gasteiger charge is -2.08. The highest BCUT2D eigenvalue weighted by molar-refractivity contribution is 5.83. The molecule has 0 fully saturated rings. The summed E-state index contributed by atoms with van der Waals surface area (Å²) in [6.45, 7) is 4.40. The smallest absolute Gasteiger partial charge is 0.00164 e. The van der Waals surface area contributed by atoms with Gasteiger partial charge in [-0.05, 0) is 22.8 Å². The molecule has 1 radical (unpaired) electrons. The highest BCUT2D eigenvalue weighted by atomic mass is 14.1. The van der Waals surface area contributed by atoms with Crippen LogP contribution in [-0.4, -0.2) is 0 Å². The summed E-state index contributed by atoms with van der Waals surface area (Å²) in [6.07, 6.45) is 1.12. The van der Waals surface area contributed by atoms with Crippen LogP contribution in [0.3, 0.4) is 0 Å². The summed E-state index contributed by atoms with van der Waals surface area (Å²) in [7, 11) is 0. The van der Waals surface area contributed by atoms with Gasteiger partial charge in [-0.15, -0.1) is 0 Å². The molecule has 0 nitrogen and oxygen atoms in total. The van der Waals surface area contributed by atoms with Gasteiger partial charge in [0.05, 0.1) is 0 Å². The van der Waals surface area contributed by atoms with Crippen molar-refractivity contribution >= 4 is 10.8 Å². The molecule has 14 heavy (non-hydrogen) atoms. The zero-order chi connectivity index (χ0) is 9.97. The van der Waals surface area contributed by atoms with E-state index in [0.717, 1.165) is 6.42 Å². The minimum absolute atomic E-state index is 1.12. The highest BCUT2D eigenvalue weighted by Crippen LogP contribution is 2.22. The van der Waals surface area contributed by atoms with Crippen molar-refractivity contribution in [3.8, 4) is 0 Å². The molecule has 0 unspecified atom stereocenters. The van der Waals surface area contributed by atoms with Crippen LogP contribution in [0.25, 0.3) is 10.8 Å². The third-order valence-corrected chi connectivity index (χ3v) is 2.77. The van der Waals surface area contributed by atoms with Gasteiger partial charge in [-0.2, -0.15) is 0 Å². The van der Waals surface area contributed by atoms with Crippen molar-refractivity contribution < 1.29 is 0 Å². The van der Waals surface area contributed by atoms with Crippen LogP contribution < -0.4 is 0 Å². The number of benzene rings is 2. The van der Waals surface area contributed by atoms with Crippen molar-refractivity contribution in [3.63, 3.8) is 0 Å². The Labute approximate surface area is 85.6 Å². The van der Waals surface area contributed by atoms with Gasteiger partial charge in [0.2, 0.25) is 0 Å². The number of hydrogen-bond donors (Lipinski definition) is 0. The maximum absolute atomic E-state index is 2.27. The van der Waals surface area contributed by atoms with Gasteiger partial charge < -0.3 is 0 Å². The van der Waals surface area contributed by atoms with E-state index in [1.807, 2.05) is 0 Å². The van der Waals surface area contributed by atoms with Gasteiger partial charge in [-0.1, -0.05) is 56.3 Å². The summed E-state index contributed by atoms with van der Waals surface area (Å²) >= 11 is 0. The summed E-state index contributed by atoms with van der Waals surface area (Å²) in [6, 6.07) is 15.2. The molecular weight excluding hydrogens is 168 g/mol. The monoisotopic (exact) mass is 183 g/mol. The van der Waals surface area contributed by atoms with E-state index in [-0.39, 0.29) is 0 Å². The fraction of sp³-hybridized carbons (Fsp3) is 0.214. The Morgan fingerprint density at radius 3 is 2.43 bits per heavy atom. The standard InChI is InChI=1S/C14H15/c1-3-11(2)13-9-8-12-6-4-5-7-14(12)10-13/h4-10H,3H2,1-2H3. The lowest BCUT2D eigenvalue weighted by atomic mass is 9.96. The Balaban J connectivity index is 2.51. The van der Waals surface area contributed by atoms with Crippen LogP contribution in [0, 0.1) is 5.92 Å². The summed E-state index contributed by atoms with van der Waals surface area (Å²) < 4.78 is 0. The van der Waals surface area contributed by atoms with Gasteiger partial charge in [0.25, 0.3) is 0 Å². The molecule has 0 heteroatoms. The molecule has 0 saturated heterocycles. The largest absolute Gasteiger partial charge is 0.0645 e. The van der Waals surface area contributed by atoms with E-state index in [1.165, 1.54) is 22.3 Å². The van der Waals surface area contributed by atoms with Crippen molar-refractivity contribution in [1.82, 2.24) is 0 Å². The summed E-state index contributed by atoms with van der Waals surface area (Å²) in [5, 5.41) is 2.65. The van der Waals surface area contributed by atoms with Crippen LogP contribution in [0.15, 0.2) is 42.5 Å². The van der Waals surface area contributed by atoms with Crippen molar-refractivity contribution in [3.05, 3.63) is 53.9 Å². The van der Waals surface area contributed by atoms with Crippen molar-refractivity contribution in [2.75, 3.05) is 0 Å². The predicted octanol–water partition coefficient (Wildman–Crippen LogP) is 4.19. The topological polar surface area (TPSA) is 0 Å². The zero-order valence-corrected chi connectivity index (χ0v) is 8.75. The number of hydrogen-bond acceptors (Lipinski definition) is 0. The van der Waals surface area contributed by atoms with Crippen LogP contribution >= 0.6 is 0 Å². The number of rotatable bonds is 2. The first-order valence-electron chi connectivity index (χ1n) is 5.13. The Hall–Kier alpha value is -1.30. The SMILES string of the molecule is CC[C](C)c1ccc2ccccc2c1. The molecule has 0 amide bonds. The first-order valence-corrected chi connectivity index (χ1v) is 5.13. The molecule has 0 N–H and O–H groups in total. The Kier molecular flexibility index (Phi) is 2.53. The first-order chi connectivity index (χ1) is 6.81. The van der Waals surface area contributed by atoms with Crippen molar-refractivity contribution in [1.29, 1.82) is 0 Å². The minimum atomic E-state index is 1.12. The molecular formula is C14H15. The van der Waals surface area contributed by atoms with Gasteiger partial charge in [0, 0.05) is 5.92 Å². The van der Waals surface area contributed by atoms with Crippen LogP contribution in [0.1, 0.15) is 25.8 Å². The van der Waals surface area contributed by atoms with E-state index < -0.39 is 0 Å². The molecule has 71 valence electrons. The average Bonchev–Trinajstić information content (AvgIpc) is 2.27. The quantitative estimate of drug-likeness (QED) is 0.654. The predicted molar refractivity (Wildman–Crippen MR) is 62.3 cm³/mol. The summed E-state index contributed by atoms with van der Waals surface area (Å²) in [4.78, 5) is 0. The summed E-state index contributed by atoms with van der Waals surface area (Å²) in [5.41, 5.74) is 1.37. The normalized spacial score (nSPS) is 11.1. The Morgan fingerprint density at radius 1 is 1.00 bits per heavy atom. The van der Waals surface area contributed by atoms with Crippen LogP contribution in [-0.2, 0) is 0 Å². The molecule has 0 atom stereocenters. The van der Waals surface area contributed by atoms with Gasteiger partial charge in [-0.25, -0.2) is 0 Å². The van der Waals surface area contributed by atoms with Gasteiger partial charge in [0.15, 0.2) is 0 Å². The van der Waals surface area contributed by atoms with Crippen LogP contribution in [0.5, 0.6) is 0 Å². The number of fused-ring (bicyclic) bond motifs is 1. The molecule has 2 aromatic carbocycles. The second kappa shape index (κ2) is 3.83. The fourth-order valence-electron chi connectivity index (χ4n) is 1.66. The zero-order valence-electron chi connectivity index (χ0n) is 8.75. The molecule has 0 aromatic heterocycles. The van der Waals surface area contributed by atoms with Gasteiger partial charge >= 0.3 is 0 Å². The fourth-order valence-corrected chi connectivity index (χ4v) is 1.66. The molecule has 2 rings (SSSR count). The Morgan fingerprint density at radius 2 is 1.71 bits per heavy atom. The molecule has 0 spiro atoms. The van der Waals surface area contributed by atoms with Gasteiger partial charge in [0.1, 0.15) is 0 Å². The average molecular weight is 183 g/mol. The van der Waals surface area contributed by atoms with Gasteiger partial charge in [-0.3, -0.25) is 0 Å². The van der Waals surface area contributed by atoms with Crippen molar-refractivity contribution in [2.24, 2.45) is 0 Å². The Bertz CT molecular complexity index is 429. The van der Waals surface area contributed by atoms with E-state index in [2.05, 4.69) is 56.3 Å². The van der Waals surface area contributed by atoms with Crippen LogP contribution in [0.4, 0.5) is 0 Å². The van der Waals surface area contributed by atoms with Crippen molar-refractivity contribution in [2.45, 2.75) is 20.3 Å². The van der Waals surface area contributed by atoms with E-state index in [4.69, 9.17) is 0 Å². The lowest BCUT2D eigenvalue weighted by molar-refractivity contribution is 0.959. The second-order valence-electron chi connectivity index (χ2n) is 3.70. The third kappa shape index (κ3) is 1.65. The van der Waals surface area contributed by atoms with E-state index in [1.54, 1.807) is 0 Å². The molecule has 0 aliphatic carbocycles. The first kappa shape index (κ1) is 9.26. The van der Waals surface area contributed by atoms with Crippen LogP contribution in [0.2, 0.25) is 0 Å². The molecule has 0 aliphatic heterocycles. The maximum atomic E-state index is 2.27. The van der Waals surface area contributed by atoms with E-state index >= 15 is 0 Å². The molecule has 0 heterocycles.